The predicted molar refractivity (Wildman–Crippen MR) is 161 cm³/mol. The van der Waals surface area contributed by atoms with Crippen molar-refractivity contribution in [2.75, 3.05) is 5.75 Å². The first-order valence-corrected chi connectivity index (χ1v) is 14.7. The van der Waals surface area contributed by atoms with Gasteiger partial charge in [0, 0.05) is 39.9 Å². The fraction of sp³-hybridized carbons (Fsp3) is 0.310. The number of carbonyl (C=O) groups excluding carboxylic acids is 2. The van der Waals surface area contributed by atoms with Gasteiger partial charge in [-0.05, 0) is 56.2 Å². The summed E-state index contributed by atoms with van der Waals surface area (Å²) >= 11 is 26.6. The second-order valence-corrected chi connectivity index (χ2v) is 12.5. The number of benzene rings is 3. The van der Waals surface area contributed by atoms with Gasteiger partial charge in [-0.15, -0.1) is 11.8 Å². The van der Waals surface area contributed by atoms with Crippen LogP contribution in [0.4, 0.5) is 0 Å². The van der Waals surface area contributed by atoms with Crippen molar-refractivity contribution < 1.29 is 9.59 Å². The molecule has 0 fully saturated rings. The van der Waals surface area contributed by atoms with Crippen molar-refractivity contribution in [1.82, 2.24) is 10.2 Å². The van der Waals surface area contributed by atoms with Gasteiger partial charge in [-0.3, -0.25) is 9.59 Å². The van der Waals surface area contributed by atoms with Crippen molar-refractivity contribution in [2.45, 2.75) is 51.1 Å². The van der Waals surface area contributed by atoms with Gasteiger partial charge in [0.15, 0.2) is 0 Å². The molecule has 1 atom stereocenters. The lowest BCUT2D eigenvalue weighted by molar-refractivity contribution is -0.140. The molecule has 1 N–H and O–H groups in total. The molecule has 3 aromatic carbocycles. The van der Waals surface area contributed by atoms with E-state index in [4.69, 9.17) is 46.4 Å². The zero-order chi connectivity index (χ0) is 27.9. The van der Waals surface area contributed by atoms with E-state index in [1.807, 2.05) is 57.2 Å². The molecular formula is C29H30Cl4N2O2S. The molecule has 0 spiro atoms. The molecule has 0 radical (unpaired) electrons. The number of hydrogen-bond donors (Lipinski definition) is 1. The molecule has 0 saturated heterocycles. The Kier molecular flexibility index (Phi) is 11.3. The van der Waals surface area contributed by atoms with Crippen LogP contribution in [0.3, 0.4) is 0 Å². The number of halogens is 4. The van der Waals surface area contributed by atoms with Crippen LogP contribution in [0.5, 0.6) is 0 Å². The minimum absolute atomic E-state index is 0.0970. The number of hydrogen-bond acceptors (Lipinski definition) is 3. The quantitative estimate of drug-likeness (QED) is 0.252. The number of nitrogens with one attached hydrogen (secondary N) is 1. The van der Waals surface area contributed by atoms with Crippen molar-refractivity contribution in [1.29, 1.82) is 0 Å². The first kappa shape index (κ1) is 30.6. The third-order valence-electron chi connectivity index (χ3n) is 5.64. The first-order valence-electron chi connectivity index (χ1n) is 12.0. The van der Waals surface area contributed by atoms with Gasteiger partial charge in [0.25, 0.3) is 0 Å². The van der Waals surface area contributed by atoms with E-state index in [-0.39, 0.29) is 24.1 Å². The number of thioether (sulfide) groups is 1. The second-order valence-electron chi connectivity index (χ2n) is 9.91. The second kappa shape index (κ2) is 14.0. The monoisotopic (exact) mass is 610 g/mol. The van der Waals surface area contributed by atoms with Crippen LogP contribution in [-0.4, -0.2) is 34.0 Å². The van der Waals surface area contributed by atoms with Gasteiger partial charge in [0.2, 0.25) is 11.8 Å². The van der Waals surface area contributed by atoms with Crippen molar-refractivity contribution in [3.05, 3.63) is 104 Å². The van der Waals surface area contributed by atoms with Crippen LogP contribution in [0.1, 0.15) is 37.5 Å². The summed E-state index contributed by atoms with van der Waals surface area (Å²) in [6.45, 7) is 5.83. The largest absolute Gasteiger partial charge is 0.350 e. The highest BCUT2D eigenvalue weighted by Gasteiger charge is 2.33. The summed E-state index contributed by atoms with van der Waals surface area (Å²) in [5.74, 6) is 0.264. The van der Waals surface area contributed by atoms with Gasteiger partial charge in [-0.25, -0.2) is 0 Å². The maximum absolute atomic E-state index is 13.8. The maximum atomic E-state index is 13.8. The lowest BCUT2D eigenvalue weighted by atomic mass is 10.0. The molecule has 38 heavy (non-hydrogen) atoms. The molecule has 0 saturated carbocycles. The van der Waals surface area contributed by atoms with E-state index in [2.05, 4.69) is 5.32 Å². The zero-order valence-electron chi connectivity index (χ0n) is 21.4. The molecule has 3 rings (SSSR count). The summed E-state index contributed by atoms with van der Waals surface area (Å²) < 4.78 is 0. The molecule has 0 unspecified atom stereocenters. The lowest BCUT2D eigenvalue weighted by Gasteiger charge is -2.34. The van der Waals surface area contributed by atoms with Crippen LogP contribution in [0.25, 0.3) is 0 Å². The molecular weight excluding hydrogens is 582 g/mol. The topological polar surface area (TPSA) is 49.4 Å². The van der Waals surface area contributed by atoms with Gasteiger partial charge in [-0.2, -0.15) is 0 Å². The molecule has 3 aromatic rings. The van der Waals surface area contributed by atoms with Gasteiger partial charge < -0.3 is 10.2 Å². The molecule has 9 heteroatoms. The molecule has 0 aliphatic rings. The zero-order valence-corrected chi connectivity index (χ0v) is 25.3. The maximum Gasteiger partial charge on any atom is 0.243 e. The van der Waals surface area contributed by atoms with Gasteiger partial charge >= 0.3 is 0 Å². The Morgan fingerprint density at radius 2 is 1.50 bits per heavy atom. The SMILES string of the molecule is CC(C)(C)NC(=O)[C@H](Cc1ccccc1)N(Cc1c(Cl)cccc1Cl)C(=O)CSCc1ccc(Cl)c(Cl)c1. The Balaban J connectivity index is 1.91. The van der Waals surface area contributed by atoms with E-state index in [1.165, 1.54) is 11.8 Å². The Morgan fingerprint density at radius 1 is 0.842 bits per heavy atom. The summed E-state index contributed by atoms with van der Waals surface area (Å²) in [7, 11) is 0. The first-order chi connectivity index (χ1) is 17.9. The van der Waals surface area contributed by atoms with Gasteiger partial charge in [0.05, 0.1) is 15.8 Å². The molecule has 0 bridgehead atoms. The minimum atomic E-state index is -0.776. The normalized spacial score (nSPS) is 12.2. The molecule has 0 aromatic heterocycles. The number of amides is 2. The van der Waals surface area contributed by atoms with E-state index < -0.39 is 11.6 Å². The number of nitrogens with zero attached hydrogens (tertiary/aromatic N) is 1. The summed E-state index contributed by atoms with van der Waals surface area (Å²) in [4.78, 5) is 29.0. The number of rotatable bonds is 10. The summed E-state index contributed by atoms with van der Waals surface area (Å²) in [6, 6.07) is 19.5. The summed E-state index contributed by atoms with van der Waals surface area (Å²) in [5, 5.41) is 4.87. The Morgan fingerprint density at radius 3 is 2.11 bits per heavy atom. The molecule has 202 valence electrons. The van der Waals surface area contributed by atoms with Crippen molar-refractivity contribution in [3.63, 3.8) is 0 Å². The van der Waals surface area contributed by atoms with Crippen LogP contribution in [0.2, 0.25) is 20.1 Å². The highest BCUT2D eigenvalue weighted by Crippen LogP contribution is 2.29. The van der Waals surface area contributed by atoms with E-state index in [0.29, 0.717) is 37.8 Å². The molecule has 2 amide bonds. The smallest absolute Gasteiger partial charge is 0.243 e. The van der Waals surface area contributed by atoms with Crippen LogP contribution in [0, 0.1) is 0 Å². The van der Waals surface area contributed by atoms with Crippen molar-refractivity contribution in [3.8, 4) is 0 Å². The predicted octanol–water partition coefficient (Wildman–Crippen LogP) is 8.09. The van der Waals surface area contributed by atoms with Crippen molar-refractivity contribution >= 4 is 70.0 Å². The average Bonchev–Trinajstić information content (AvgIpc) is 2.84. The van der Waals surface area contributed by atoms with Crippen LogP contribution >= 0.6 is 58.2 Å². The summed E-state index contributed by atoms with van der Waals surface area (Å²) in [6.07, 6.45) is 0.341. The van der Waals surface area contributed by atoms with E-state index in [1.54, 1.807) is 35.2 Å². The Labute approximate surface area is 249 Å². The lowest BCUT2D eigenvalue weighted by Crippen LogP contribution is -2.54. The molecule has 4 nitrogen and oxygen atoms in total. The Bertz CT molecular complexity index is 1240. The molecule has 0 aliphatic heterocycles. The third-order valence-corrected chi connectivity index (χ3v) is 8.07. The minimum Gasteiger partial charge on any atom is -0.350 e. The van der Waals surface area contributed by atoms with Crippen LogP contribution < -0.4 is 5.32 Å². The van der Waals surface area contributed by atoms with Gasteiger partial charge in [0.1, 0.15) is 6.04 Å². The van der Waals surface area contributed by atoms with Crippen LogP contribution in [-0.2, 0) is 28.3 Å². The van der Waals surface area contributed by atoms with E-state index >= 15 is 0 Å². The van der Waals surface area contributed by atoms with E-state index in [9.17, 15) is 9.59 Å². The summed E-state index contributed by atoms with van der Waals surface area (Å²) in [5.41, 5.74) is 2.00. The molecule has 0 heterocycles. The highest BCUT2D eigenvalue weighted by molar-refractivity contribution is 7.99. The highest BCUT2D eigenvalue weighted by atomic mass is 35.5. The Hall–Kier alpha value is -1.89. The third kappa shape index (κ3) is 9.10. The molecule has 0 aliphatic carbocycles. The number of carbonyl (C=O) groups is 2. The standard InChI is InChI=1S/C29H30Cl4N2O2S/c1-29(2,3)34-28(37)26(15-19-8-5-4-6-9-19)35(16-21-22(30)10-7-11-23(21)31)27(36)18-38-17-20-12-13-24(32)25(33)14-20/h4-14,26H,15-18H2,1-3H3,(H,34,37)/t26-/m0/s1. The van der Waals surface area contributed by atoms with Crippen molar-refractivity contribution in [2.24, 2.45) is 0 Å². The average molecular weight is 612 g/mol. The van der Waals surface area contributed by atoms with Gasteiger partial charge in [-0.1, -0.05) is 88.9 Å². The van der Waals surface area contributed by atoms with E-state index in [0.717, 1.165) is 11.1 Å². The fourth-order valence-corrected chi connectivity index (χ4v) is 5.52. The van der Waals surface area contributed by atoms with Crippen LogP contribution in [0.15, 0.2) is 66.7 Å². The fourth-order valence-electron chi connectivity index (χ4n) is 3.83.